The highest BCUT2D eigenvalue weighted by Gasteiger charge is 2.01. The van der Waals surface area contributed by atoms with Gasteiger partial charge in [0.2, 0.25) is 0 Å². The quantitative estimate of drug-likeness (QED) is 0.655. The van der Waals surface area contributed by atoms with Crippen LogP contribution in [0.25, 0.3) is 0 Å². The number of nitrogens with one attached hydrogen (secondary N) is 1. The van der Waals surface area contributed by atoms with Crippen molar-refractivity contribution in [3.8, 4) is 23.3 Å². The lowest BCUT2D eigenvalue weighted by atomic mass is 10.2. The number of ether oxygens (including phenoxy) is 2. The molecular weight excluding hydrogens is 306 g/mol. The van der Waals surface area contributed by atoms with E-state index in [1.54, 1.807) is 12.1 Å². The summed E-state index contributed by atoms with van der Waals surface area (Å²) in [5.41, 5.74) is 1.45. The van der Waals surface area contributed by atoms with Crippen LogP contribution < -0.4 is 10.1 Å². The number of carbonyl (C=O) groups excluding carboxylic acids is 1. The van der Waals surface area contributed by atoms with Crippen molar-refractivity contribution in [2.24, 2.45) is 0 Å². The van der Waals surface area contributed by atoms with Crippen molar-refractivity contribution in [3.63, 3.8) is 0 Å². The number of aromatic hydroxyl groups is 1. The van der Waals surface area contributed by atoms with Gasteiger partial charge in [0.15, 0.2) is 0 Å². The molecule has 5 heteroatoms. The van der Waals surface area contributed by atoms with Crippen LogP contribution in [-0.4, -0.2) is 24.9 Å². The topological polar surface area (TPSA) is 67.8 Å². The van der Waals surface area contributed by atoms with Crippen molar-refractivity contribution in [2.75, 3.05) is 13.7 Å². The molecule has 0 aromatic heterocycles. The van der Waals surface area contributed by atoms with Gasteiger partial charge >= 0.3 is 6.09 Å². The van der Waals surface area contributed by atoms with Gasteiger partial charge in [-0.1, -0.05) is 42.2 Å². The first-order valence-electron chi connectivity index (χ1n) is 7.49. The number of phenols is 1. The molecule has 124 valence electrons. The van der Waals surface area contributed by atoms with E-state index < -0.39 is 6.09 Å². The molecule has 5 nitrogen and oxygen atoms in total. The molecule has 0 saturated carbocycles. The monoisotopic (exact) mass is 325 g/mol. The van der Waals surface area contributed by atoms with E-state index in [9.17, 15) is 9.90 Å². The fraction of sp³-hybridized carbons (Fsp3) is 0.211. The number of hydrogen-bond donors (Lipinski definition) is 2. The lowest BCUT2D eigenvalue weighted by Gasteiger charge is -2.05. The van der Waals surface area contributed by atoms with Crippen LogP contribution in [0.4, 0.5) is 4.79 Å². The van der Waals surface area contributed by atoms with Crippen LogP contribution in [0.2, 0.25) is 0 Å². The van der Waals surface area contributed by atoms with Crippen LogP contribution in [0.15, 0.2) is 48.5 Å². The molecule has 0 saturated heterocycles. The van der Waals surface area contributed by atoms with Crippen LogP contribution in [0.1, 0.15) is 17.5 Å². The van der Waals surface area contributed by atoms with Crippen LogP contribution in [0.5, 0.6) is 11.5 Å². The molecule has 24 heavy (non-hydrogen) atoms. The smallest absolute Gasteiger partial charge is 0.407 e. The summed E-state index contributed by atoms with van der Waals surface area (Å²) in [4.78, 5) is 11.5. The fourth-order valence-electron chi connectivity index (χ4n) is 1.90. The minimum Gasteiger partial charge on any atom is -0.507 e. The highest BCUT2D eigenvalue weighted by Crippen LogP contribution is 2.22. The third-order valence-corrected chi connectivity index (χ3v) is 3.16. The zero-order chi connectivity index (χ0) is 17.2. The van der Waals surface area contributed by atoms with Crippen molar-refractivity contribution < 1.29 is 19.4 Å². The van der Waals surface area contributed by atoms with Gasteiger partial charge in [0.25, 0.3) is 0 Å². The van der Waals surface area contributed by atoms with Gasteiger partial charge in [-0.3, -0.25) is 0 Å². The minimum absolute atomic E-state index is 0.0667. The molecule has 0 aliphatic heterocycles. The molecule has 1 amide bonds. The first-order valence-corrected chi connectivity index (χ1v) is 7.49. The number of amides is 1. The van der Waals surface area contributed by atoms with Gasteiger partial charge in [0.05, 0.1) is 12.7 Å². The molecule has 0 spiro atoms. The Kier molecular flexibility index (Phi) is 6.54. The fourth-order valence-corrected chi connectivity index (χ4v) is 1.90. The van der Waals surface area contributed by atoms with Crippen LogP contribution in [-0.2, 0) is 11.3 Å². The summed E-state index contributed by atoms with van der Waals surface area (Å²) < 4.78 is 10.1. The number of benzene rings is 2. The van der Waals surface area contributed by atoms with E-state index in [-0.39, 0.29) is 12.4 Å². The predicted octanol–water partition coefficient (Wildman–Crippen LogP) is 3.07. The van der Waals surface area contributed by atoms with Gasteiger partial charge in [-0.15, -0.1) is 0 Å². The molecule has 0 atom stereocenters. The summed E-state index contributed by atoms with van der Waals surface area (Å²) in [6.45, 7) is 0.607. The Morgan fingerprint density at radius 3 is 2.71 bits per heavy atom. The standard InChI is InChI=1S/C19H19NO4/c1-23-17-11-10-16(18(21)13-17)9-5-6-12-20-19(22)24-14-15-7-3-2-4-8-15/h2-4,7-8,10-11,13,21H,6,12,14H2,1H3,(H,20,22). The highest BCUT2D eigenvalue weighted by atomic mass is 16.5. The normalized spacial score (nSPS) is 9.54. The van der Waals surface area contributed by atoms with Crippen molar-refractivity contribution in [3.05, 3.63) is 59.7 Å². The number of rotatable bonds is 5. The molecule has 0 heterocycles. The van der Waals surface area contributed by atoms with Gasteiger partial charge in [-0.25, -0.2) is 4.79 Å². The molecule has 2 aromatic rings. The Hall–Kier alpha value is -3.13. The molecule has 0 aliphatic carbocycles. The number of carbonyl (C=O) groups is 1. The second-order valence-electron chi connectivity index (χ2n) is 4.92. The number of alkyl carbamates (subject to hydrolysis) is 1. The Morgan fingerprint density at radius 2 is 2.00 bits per heavy atom. The lowest BCUT2D eigenvalue weighted by molar-refractivity contribution is 0.140. The van der Waals surface area contributed by atoms with E-state index in [0.717, 1.165) is 5.56 Å². The van der Waals surface area contributed by atoms with Gasteiger partial charge < -0.3 is 19.9 Å². The Morgan fingerprint density at radius 1 is 1.21 bits per heavy atom. The third-order valence-electron chi connectivity index (χ3n) is 3.16. The van der Waals surface area contributed by atoms with Crippen molar-refractivity contribution in [2.45, 2.75) is 13.0 Å². The summed E-state index contributed by atoms with van der Waals surface area (Å²) in [6.07, 6.45) is -0.0284. The molecule has 2 rings (SSSR count). The van der Waals surface area contributed by atoms with Crippen molar-refractivity contribution in [1.82, 2.24) is 5.32 Å². The largest absolute Gasteiger partial charge is 0.507 e. The molecule has 2 N–H and O–H groups in total. The van der Waals surface area contributed by atoms with E-state index in [4.69, 9.17) is 9.47 Å². The Bertz CT molecular complexity index is 732. The summed E-state index contributed by atoms with van der Waals surface area (Å²) in [5.74, 6) is 6.37. The maximum atomic E-state index is 11.5. The van der Waals surface area contributed by atoms with E-state index in [1.165, 1.54) is 13.2 Å². The zero-order valence-electron chi connectivity index (χ0n) is 13.4. The Balaban J connectivity index is 1.70. The van der Waals surface area contributed by atoms with E-state index >= 15 is 0 Å². The van der Waals surface area contributed by atoms with Gasteiger partial charge in [-0.2, -0.15) is 0 Å². The SMILES string of the molecule is COc1ccc(C#CCCNC(=O)OCc2ccccc2)c(O)c1. The summed E-state index contributed by atoms with van der Waals surface area (Å²) >= 11 is 0. The van der Waals surface area contributed by atoms with Gasteiger partial charge in [0, 0.05) is 19.0 Å². The molecule has 0 radical (unpaired) electrons. The number of hydrogen-bond acceptors (Lipinski definition) is 4. The number of methoxy groups -OCH3 is 1. The maximum absolute atomic E-state index is 11.5. The second-order valence-corrected chi connectivity index (χ2v) is 4.92. The average Bonchev–Trinajstić information content (AvgIpc) is 2.61. The summed E-state index contributed by atoms with van der Waals surface area (Å²) in [6, 6.07) is 14.4. The van der Waals surface area contributed by atoms with Crippen LogP contribution in [0.3, 0.4) is 0 Å². The summed E-state index contributed by atoms with van der Waals surface area (Å²) in [7, 11) is 1.53. The van der Waals surface area contributed by atoms with Crippen molar-refractivity contribution in [1.29, 1.82) is 0 Å². The first-order chi connectivity index (χ1) is 11.7. The van der Waals surface area contributed by atoms with E-state index in [2.05, 4.69) is 17.2 Å². The van der Waals surface area contributed by atoms with E-state index in [0.29, 0.717) is 24.3 Å². The molecule has 0 fully saturated rings. The minimum atomic E-state index is -0.479. The molecule has 0 unspecified atom stereocenters. The van der Waals surface area contributed by atoms with Crippen molar-refractivity contribution >= 4 is 6.09 Å². The maximum Gasteiger partial charge on any atom is 0.407 e. The first kappa shape index (κ1) is 17.2. The van der Waals surface area contributed by atoms with Gasteiger partial charge in [0.1, 0.15) is 18.1 Å². The second kappa shape index (κ2) is 9.11. The zero-order valence-corrected chi connectivity index (χ0v) is 13.4. The lowest BCUT2D eigenvalue weighted by Crippen LogP contribution is -2.24. The molecule has 0 bridgehead atoms. The molecular formula is C19H19NO4. The third kappa shape index (κ3) is 5.58. The van der Waals surface area contributed by atoms with Crippen LogP contribution in [0, 0.1) is 11.8 Å². The predicted molar refractivity (Wildman–Crippen MR) is 90.8 cm³/mol. The molecule has 0 aliphatic rings. The molecule has 2 aromatic carbocycles. The Labute approximate surface area is 141 Å². The highest BCUT2D eigenvalue weighted by molar-refractivity contribution is 5.67. The van der Waals surface area contributed by atoms with Gasteiger partial charge in [-0.05, 0) is 17.7 Å². The summed E-state index contributed by atoms with van der Waals surface area (Å²) in [5, 5.41) is 12.4. The van der Waals surface area contributed by atoms with Crippen LogP contribution >= 0.6 is 0 Å². The number of phenolic OH excluding ortho intramolecular Hbond substituents is 1. The average molecular weight is 325 g/mol. The van der Waals surface area contributed by atoms with E-state index in [1.807, 2.05) is 30.3 Å².